The van der Waals surface area contributed by atoms with Crippen molar-refractivity contribution < 1.29 is 0 Å². The van der Waals surface area contributed by atoms with Gasteiger partial charge in [0.05, 0.1) is 4.99 Å². The molecule has 1 nitrogen and oxygen atoms in total. The maximum Gasteiger partial charge on any atom is 0.0753 e. The van der Waals surface area contributed by atoms with Gasteiger partial charge in [0.2, 0.25) is 0 Å². The van der Waals surface area contributed by atoms with Gasteiger partial charge < -0.3 is 5.32 Å². The summed E-state index contributed by atoms with van der Waals surface area (Å²) in [5, 5.41) is 3.34. The first-order valence-electron chi connectivity index (χ1n) is 7.93. The van der Waals surface area contributed by atoms with Crippen LogP contribution >= 0.6 is 12.2 Å². The molecule has 0 fully saturated rings. The molecule has 0 aromatic rings. The first-order chi connectivity index (χ1) is 8.66. The van der Waals surface area contributed by atoms with Crippen LogP contribution in [0.3, 0.4) is 0 Å². The van der Waals surface area contributed by atoms with E-state index in [4.69, 9.17) is 12.2 Å². The van der Waals surface area contributed by atoms with E-state index in [9.17, 15) is 0 Å². The van der Waals surface area contributed by atoms with E-state index in [0.29, 0.717) is 5.92 Å². The maximum atomic E-state index is 5.31. The van der Waals surface area contributed by atoms with Crippen molar-refractivity contribution in [3.05, 3.63) is 0 Å². The molecule has 0 saturated heterocycles. The van der Waals surface area contributed by atoms with Crippen molar-refractivity contribution in [1.29, 1.82) is 0 Å². The molecule has 0 aromatic carbocycles. The van der Waals surface area contributed by atoms with Crippen molar-refractivity contribution in [1.82, 2.24) is 5.32 Å². The minimum atomic E-state index is 0.686. The van der Waals surface area contributed by atoms with Crippen LogP contribution in [-0.2, 0) is 0 Å². The summed E-state index contributed by atoms with van der Waals surface area (Å²) in [6, 6.07) is 0. The van der Waals surface area contributed by atoms with E-state index in [2.05, 4.69) is 26.1 Å². The second-order valence-electron chi connectivity index (χ2n) is 5.78. The number of rotatable bonds is 12. The van der Waals surface area contributed by atoms with Crippen LogP contribution in [0.5, 0.6) is 0 Å². The molecule has 0 atom stereocenters. The fraction of sp³-hybridized carbons (Fsp3) is 0.938. The zero-order chi connectivity index (χ0) is 13.6. The van der Waals surface area contributed by atoms with E-state index in [1.165, 1.54) is 57.8 Å². The van der Waals surface area contributed by atoms with Gasteiger partial charge >= 0.3 is 0 Å². The molecule has 0 unspecified atom stereocenters. The van der Waals surface area contributed by atoms with Gasteiger partial charge in [-0.3, -0.25) is 0 Å². The molecule has 0 aliphatic rings. The fourth-order valence-electron chi connectivity index (χ4n) is 2.00. The second-order valence-corrected chi connectivity index (χ2v) is 6.27. The highest BCUT2D eigenvalue weighted by molar-refractivity contribution is 7.80. The number of unbranched alkanes of at least 4 members (excludes halogenated alkanes) is 8. The predicted octanol–water partition coefficient (Wildman–Crippen LogP) is 5.48. The lowest BCUT2D eigenvalue weighted by molar-refractivity contribution is 0.566. The van der Waals surface area contributed by atoms with Gasteiger partial charge in [0.1, 0.15) is 0 Å². The minimum Gasteiger partial charge on any atom is -0.379 e. The quantitative estimate of drug-likeness (QED) is 0.372. The summed E-state index contributed by atoms with van der Waals surface area (Å²) in [4.78, 5) is 1.06. The molecule has 0 aliphatic carbocycles. The van der Waals surface area contributed by atoms with E-state index in [1.54, 1.807) is 0 Å². The van der Waals surface area contributed by atoms with E-state index < -0.39 is 0 Å². The highest BCUT2D eigenvalue weighted by Crippen LogP contribution is 2.10. The van der Waals surface area contributed by atoms with E-state index in [-0.39, 0.29) is 0 Å². The third-order valence-electron chi connectivity index (χ3n) is 3.21. The van der Waals surface area contributed by atoms with Crippen LogP contribution in [0, 0.1) is 5.92 Å². The normalized spacial score (nSPS) is 10.9. The van der Waals surface area contributed by atoms with E-state index in [1.807, 2.05) is 0 Å². The predicted molar refractivity (Wildman–Crippen MR) is 87.3 cm³/mol. The molecular formula is C16H33NS. The number of hydrogen-bond donors (Lipinski definition) is 1. The Bertz CT molecular complexity index is 190. The van der Waals surface area contributed by atoms with Gasteiger partial charge in [0.25, 0.3) is 0 Å². The lowest BCUT2D eigenvalue weighted by atomic mass is 10.1. The molecule has 0 radical (unpaired) electrons. The van der Waals surface area contributed by atoms with Gasteiger partial charge in [-0.2, -0.15) is 0 Å². The topological polar surface area (TPSA) is 12.0 Å². The Hall–Kier alpha value is -0.110. The molecule has 0 saturated carbocycles. The molecule has 1 N–H and O–H groups in total. The summed E-state index contributed by atoms with van der Waals surface area (Å²) in [5.41, 5.74) is 0. The maximum absolute atomic E-state index is 5.31. The zero-order valence-electron chi connectivity index (χ0n) is 12.8. The molecule has 0 aromatic heterocycles. The minimum absolute atomic E-state index is 0.686. The molecule has 0 bridgehead atoms. The van der Waals surface area contributed by atoms with Gasteiger partial charge in [-0.15, -0.1) is 0 Å². The average Bonchev–Trinajstić information content (AvgIpc) is 2.34. The van der Waals surface area contributed by atoms with E-state index >= 15 is 0 Å². The van der Waals surface area contributed by atoms with Crippen LogP contribution < -0.4 is 5.32 Å². The number of nitrogens with one attached hydrogen (secondary N) is 1. The van der Waals surface area contributed by atoms with Gasteiger partial charge in [-0.05, 0) is 18.8 Å². The molecular weight excluding hydrogens is 238 g/mol. The van der Waals surface area contributed by atoms with Crippen molar-refractivity contribution >= 4 is 17.2 Å². The van der Waals surface area contributed by atoms with E-state index in [0.717, 1.165) is 18.0 Å². The van der Waals surface area contributed by atoms with Crippen LogP contribution in [-0.4, -0.2) is 11.5 Å². The summed E-state index contributed by atoms with van der Waals surface area (Å²) >= 11 is 5.31. The highest BCUT2D eigenvalue weighted by atomic mass is 32.1. The summed E-state index contributed by atoms with van der Waals surface area (Å²) in [7, 11) is 0. The smallest absolute Gasteiger partial charge is 0.0753 e. The van der Waals surface area contributed by atoms with Crippen LogP contribution in [0.15, 0.2) is 0 Å². The Kier molecular flexibility index (Phi) is 13.2. The molecule has 18 heavy (non-hydrogen) atoms. The second kappa shape index (κ2) is 13.3. The van der Waals surface area contributed by atoms with Gasteiger partial charge in [-0.1, -0.05) is 84.4 Å². The summed E-state index contributed by atoms with van der Waals surface area (Å²) in [6.45, 7) is 7.73. The molecule has 0 rings (SSSR count). The summed E-state index contributed by atoms with van der Waals surface area (Å²) in [5.74, 6) is 0.686. The Morgan fingerprint density at radius 1 is 0.889 bits per heavy atom. The van der Waals surface area contributed by atoms with Crippen LogP contribution in [0.4, 0.5) is 0 Å². The average molecular weight is 272 g/mol. The number of hydrogen-bond acceptors (Lipinski definition) is 1. The van der Waals surface area contributed by atoms with Crippen molar-refractivity contribution in [2.45, 2.75) is 85.0 Å². The molecule has 0 heterocycles. The SMILES string of the molecule is CCCCCCCCCCCC(=S)NCC(C)C. The molecule has 0 spiro atoms. The summed E-state index contributed by atoms with van der Waals surface area (Å²) in [6.07, 6.45) is 13.5. The molecule has 0 amide bonds. The van der Waals surface area contributed by atoms with Crippen LogP contribution in [0.2, 0.25) is 0 Å². The van der Waals surface area contributed by atoms with Crippen molar-refractivity contribution in [2.24, 2.45) is 5.92 Å². The van der Waals surface area contributed by atoms with Crippen LogP contribution in [0.25, 0.3) is 0 Å². The Labute approximate surface area is 120 Å². The third kappa shape index (κ3) is 14.0. The Morgan fingerprint density at radius 3 is 1.89 bits per heavy atom. The molecule has 2 heteroatoms. The zero-order valence-corrected chi connectivity index (χ0v) is 13.6. The molecule has 0 aliphatic heterocycles. The third-order valence-corrected chi connectivity index (χ3v) is 3.56. The largest absolute Gasteiger partial charge is 0.379 e. The first kappa shape index (κ1) is 17.9. The standard InChI is InChI=1S/C16H33NS/c1-4-5-6-7-8-9-10-11-12-13-16(18)17-14-15(2)3/h15H,4-14H2,1-3H3,(H,17,18). The van der Waals surface area contributed by atoms with Crippen molar-refractivity contribution in [3.8, 4) is 0 Å². The van der Waals surface area contributed by atoms with Crippen molar-refractivity contribution in [2.75, 3.05) is 6.54 Å². The number of thiocarbonyl (C=S) groups is 1. The fourth-order valence-corrected chi connectivity index (χ4v) is 2.23. The van der Waals surface area contributed by atoms with Gasteiger partial charge in [0, 0.05) is 6.54 Å². The monoisotopic (exact) mass is 271 g/mol. The summed E-state index contributed by atoms with van der Waals surface area (Å²) < 4.78 is 0. The molecule has 108 valence electrons. The lowest BCUT2D eigenvalue weighted by Crippen LogP contribution is -2.25. The highest BCUT2D eigenvalue weighted by Gasteiger charge is 1.98. The van der Waals surface area contributed by atoms with Gasteiger partial charge in [-0.25, -0.2) is 0 Å². The Balaban J connectivity index is 3.12. The Morgan fingerprint density at radius 2 is 1.39 bits per heavy atom. The lowest BCUT2D eigenvalue weighted by Gasteiger charge is -2.09. The van der Waals surface area contributed by atoms with Gasteiger partial charge in [0.15, 0.2) is 0 Å². The van der Waals surface area contributed by atoms with Crippen LogP contribution in [0.1, 0.15) is 85.0 Å². The van der Waals surface area contributed by atoms with Crippen molar-refractivity contribution in [3.63, 3.8) is 0 Å². The first-order valence-corrected chi connectivity index (χ1v) is 8.34.